The summed E-state index contributed by atoms with van der Waals surface area (Å²) in [5, 5.41) is 41.0. The molecule has 0 fully saturated rings. The van der Waals surface area contributed by atoms with Crippen molar-refractivity contribution in [3.63, 3.8) is 0 Å². The molecular formula is C7H6N8O7. The number of nitro benzene ring substituents is 1. The van der Waals surface area contributed by atoms with Crippen molar-refractivity contribution in [2.45, 2.75) is 5.97 Å². The molecule has 0 aliphatic carbocycles. The number of fused-ring (bicyclic) bond motifs is 3. The summed E-state index contributed by atoms with van der Waals surface area (Å²) in [5.74, 6) is -3.14. The molecule has 0 atom stereocenters. The zero-order valence-electron chi connectivity index (χ0n) is 10.3. The molecule has 0 aliphatic heterocycles. The second-order valence-corrected chi connectivity index (χ2v) is 4.14. The number of aromatic nitrogens is 4. The van der Waals surface area contributed by atoms with Crippen molar-refractivity contribution in [2.75, 3.05) is 0 Å². The fourth-order valence-electron chi connectivity index (χ4n) is 1.86. The first-order valence-corrected chi connectivity index (χ1v) is 5.35. The van der Waals surface area contributed by atoms with Gasteiger partial charge in [0.1, 0.15) is 0 Å². The lowest BCUT2D eigenvalue weighted by Crippen LogP contribution is -2.62. The van der Waals surface area contributed by atoms with Crippen LogP contribution in [-0.2, 0) is 0 Å². The van der Waals surface area contributed by atoms with E-state index in [0.29, 0.717) is 0 Å². The third-order valence-electron chi connectivity index (χ3n) is 2.57. The lowest BCUT2D eigenvalue weighted by Gasteiger charge is -2.19. The summed E-state index contributed by atoms with van der Waals surface area (Å²) in [7, 11) is 0. The molecule has 0 radical (unpaired) electrons. The molecule has 3 rings (SSSR count). The van der Waals surface area contributed by atoms with E-state index in [1.165, 1.54) is 0 Å². The van der Waals surface area contributed by atoms with Gasteiger partial charge in [0.05, 0.1) is 15.2 Å². The van der Waals surface area contributed by atoms with Crippen molar-refractivity contribution in [3.8, 4) is 5.75 Å². The smallest absolute Gasteiger partial charge is 0.373 e. The van der Waals surface area contributed by atoms with Crippen LogP contribution in [0.4, 0.5) is 5.69 Å². The quantitative estimate of drug-likeness (QED) is 0.190. The highest BCUT2D eigenvalue weighted by molar-refractivity contribution is 6.05. The Labute approximate surface area is 117 Å². The monoisotopic (exact) mass is 314 g/mol. The fraction of sp³-hybridized carbons (Fsp3) is 0.143. The van der Waals surface area contributed by atoms with Gasteiger partial charge in [-0.25, -0.2) is 0 Å². The topological polar surface area (TPSA) is 236 Å². The highest BCUT2D eigenvalue weighted by Gasteiger charge is 2.41. The largest absolute Gasteiger partial charge is 0.435 e. The van der Waals surface area contributed by atoms with Gasteiger partial charge < -0.3 is 15.2 Å². The number of ether oxygens (including phenoxy) is 1. The highest BCUT2D eigenvalue weighted by atomic mass is 16.8. The van der Waals surface area contributed by atoms with Crippen LogP contribution in [0.3, 0.4) is 0 Å². The molecule has 15 heteroatoms. The summed E-state index contributed by atoms with van der Waals surface area (Å²) in [5.41, 5.74) is 12.7. The molecule has 22 heavy (non-hydrogen) atoms. The number of nitrogens with zero attached hydrogens (tertiary/aromatic N) is 5. The van der Waals surface area contributed by atoms with Crippen LogP contribution in [0.25, 0.3) is 22.1 Å². The Hall–Kier alpha value is -3.30. The van der Waals surface area contributed by atoms with Gasteiger partial charge in [-0.15, -0.1) is 0 Å². The maximum Gasteiger partial charge on any atom is 0.373 e. The van der Waals surface area contributed by atoms with Gasteiger partial charge in [-0.05, 0) is 9.81 Å². The Morgan fingerprint density at radius 1 is 1.09 bits per heavy atom. The van der Waals surface area contributed by atoms with Gasteiger partial charge in [0.15, 0.2) is 0 Å². The summed E-state index contributed by atoms with van der Waals surface area (Å²) >= 11 is 0. The molecule has 0 bridgehead atoms. The van der Waals surface area contributed by atoms with E-state index < -0.39 is 44.4 Å². The summed E-state index contributed by atoms with van der Waals surface area (Å²) in [6.07, 6.45) is 0. The fourth-order valence-corrected chi connectivity index (χ4v) is 1.86. The Morgan fingerprint density at radius 2 is 1.64 bits per heavy atom. The molecule has 6 N–H and O–H groups in total. The Morgan fingerprint density at radius 3 is 2.18 bits per heavy atom. The molecule has 2 aromatic heterocycles. The molecular weight excluding hydrogens is 308 g/mol. The zero-order chi connectivity index (χ0) is 16.2. The minimum Gasteiger partial charge on any atom is -0.435 e. The second-order valence-electron chi connectivity index (χ2n) is 4.14. The highest BCUT2D eigenvalue weighted by Crippen LogP contribution is 2.39. The van der Waals surface area contributed by atoms with Crippen molar-refractivity contribution >= 4 is 27.8 Å². The van der Waals surface area contributed by atoms with Gasteiger partial charge in [0.2, 0.25) is 0 Å². The van der Waals surface area contributed by atoms with Crippen LogP contribution in [0.1, 0.15) is 0 Å². The van der Waals surface area contributed by atoms with E-state index in [1.807, 2.05) is 0 Å². The molecule has 116 valence electrons. The Kier molecular flexibility index (Phi) is 2.55. The molecule has 0 amide bonds. The third kappa shape index (κ3) is 1.81. The zero-order valence-corrected chi connectivity index (χ0v) is 10.3. The average molecular weight is 314 g/mol. The molecule has 0 unspecified atom stereocenters. The SMILES string of the molecule is NC(N)(N)Oc1c([N+](=O)[O-])c2no[n+]([O-])c2c2no[n+]([O-])c12. The minimum atomic E-state index is -2.37. The number of rotatable bonds is 3. The maximum atomic E-state index is 11.6. The van der Waals surface area contributed by atoms with E-state index in [9.17, 15) is 20.5 Å². The molecule has 0 saturated heterocycles. The van der Waals surface area contributed by atoms with E-state index in [2.05, 4.69) is 19.6 Å². The van der Waals surface area contributed by atoms with Crippen molar-refractivity contribution < 1.29 is 28.7 Å². The third-order valence-corrected chi connectivity index (χ3v) is 2.57. The van der Waals surface area contributed by atoms with E-state index in [4.69, 9.17) is 21.9 Å². The van der Waals surface area contributed by atoms with Gasteiger partial charge in [0.25, 0.3) is 22.8 Å². The van der Waals surface area contributed by atoms with E-state index in [-0.39, 0.29) is 9.81 Å². The number of hydrogen-bond acceptors (Lipinski definition) is 12. The standard InChI is InChI=1S/C7H6N8O7/c8-7(9,10)20-6-4(13(16)17)1-3(14(18)21-11-1)2-5(6)15(19)22-12-2/h8-10H2. The predicted molar refractivity (Wildman–Crippen MR) is 62.1 cm³/mol. The first-order valence-electron chi connectivity index (χ1n) is 5.35. The second kappa shape index (κ2) is 4.10. The Balaban J connectivity index is 2.55. The van der Waals surface area contributed by atoms with Crippen LogP contribution >= 0.6 is 0 Å². The molecule has 3 aromatic rings. The van der Waals surface area contributed by atoms with E-state index in [0.717, 1.165) is 0 Å². The van der Waals surface area contributed by atoms with Gasteiger partial charge in [-0.2, -0.15) is 0 Å². The van der Waals surface area contributed by atoms with Crippen LogP contribution in [0.5, 0.6) is 5.75 Å². The maximum absolute atomic E-state index is 11.6. The van der Waals surface area contributed by atoms with Crippen LogP contribution in [0.15, 0.2) is 9.26 Å². The van der Waals surface area contributed by atoms with Crippen LogP contribution < -0.4 is 31.7 Å². The number of nitro groups is 1. The molecule has 1 aromatic carbocycles. The normalized spacial score (nSPS) is 12.1. The molecule has 0 aliphatic rings. The van der Waals surface area contributed by atoms with Crippen LogP contribution in [-0.4, -0.2) is 21.2 Å². The van der Waals surface area contributed by atoms with E-state index >= 15 is 0 Å². The first kappa shape index (κ1) is 13.7. The lowest BCUT2D eigenvalue weighted by atomic mass is 10.2. The predicted octanol–water partition coefficient (Wildman–Crippen LogP) is -2.99. The summed E-state index contributed by atoms with van der Waals surface area (Å²) in [4.78, 5) is 9.84. The van der Waals surface area contributed by atoms with Gasteiger partial charge in [0, 0.05) is 0 Å². The molecule has 15 nitrogen and oxygen atoms in total. The van der Waals surface area contributed by atoms with Crippen molar-refractivity contribution in [1.29, 1.82) is 0 Å². The first-order chi connectivity index (χ1) is 10.2. The molecule has 0 saturated carbocycles. The van der Waals surface area contributed by atoms with Crippen molar-refractivity contribution in [1.82, 2.24) is 10.3 Å². The van der Waals surface area contributed by atoms with Gasteiger partial charge in [-0.1, -0.05) is 0 Å². The minimum absolute atomic E-state index is 0.183. The lowest BCUT2D eigenvalue weighted by molar-refractivity contribution is -0.782. The van der Waals surface area contributed by atoms with Gasteiger partial charge in [-0.3, -0.25) is 36.6 Å². The van der Waals surface area contributed by atoms with Crippen LogP contribution in [0.2, 0.25) is 0 Å². The van der Waals surface area contributed by atoms with Gasteiger partial charge >= 0.3 is 16.7 Å². The van der Waals surface area contributed by atoms with Crippen LogP contribution in [0, 0.1) is 20.5 Å². The molecule has 2 heterocycles. The average Bonchev–Trinajstić information content (AvgIpc) is 2.92. The summed E-state index contributed by atoms with van der Waals surface area (Å²) in [6.45, 7) is 0. The Bertz CT molecular complexity index is 907. The number of nitrogens with two attached hydrogens (primary N) is 3. The molecule has 0 spiro atoms. The van der Waals surface area contributed by atoms with Crippen molar-refractivity contribution in [2.24, 2.45) is 17.2 Å². The number of benzene rings is 1. The van der Waals surface area contributed by atoms with E-state index in [1.54, 1.807) is 0 Å². The summed E-state index contributed by atoms with van der Waals surface area (Å²) < 4.78 is 13.4. The number of hydrogen-bond donors (Lipinski definition) is 3. The van der Waals surface area contributed by atoms with Crippen molar-refractivity contribution in [3.05, 3.63) is 20.5 Å². The summed E-state index contributed by atoms with van der Waals surface area (Å²) in [6, 6.07) is 0.